The zero-order valence-electron chi connectivity index (χ0n) is 10.6. The van der Waals surface area contributed by atoms with Crippen molar-refractivity contribution in [2.45, 2.75) is 43.9 Å². The van der Waals surface area contributed by atoms with Crippen molar-refractivity contribution in [3.05, 3.63) is 28.2 Å². The number of carbonyl (C=O) groups is 1. The minimum Gasteiger partial charge on any atom is -0.458 e. The van der Waals surface area contributed by atoms with Gasteiger partial charge in [0.1, 0.15) is 11.9 Å². The van der Waals surface area contributed by atoms with E-state index in [9.17, 15) is 4.79 Å². The summed E-state index contributed by atoms with van der Waals surface area (Å²) in [4.78, 5) is 11.4. The Kier molecular flexibility index (Phi) is 2.72. The number of ether oxygens (including phenoxy) is 4. The van der Waals surface area contributed by atoms with Crippen LogP contribution in [0.15, 0.2) is 22.7 Å². The van der Waals surface area contributed by atoms with Gasteiger partial charge in [0.25, 0.3) is 5.79 Å². The molecule has 0 bridgehead atoms. The summed E-state index contributed by atoms with van der Waals surface area (Å²) in [6.07, 6.45) is 0.978. The van der Waals surface area contributed by atoms with Crippen molar-refractivity contribution in [3.8, 4) is 5.75 Å². The van der Waals surface area contributed by atoms with E-state index in [2.05, 4.69) is 15.9 Å². The first kappa shape index (κ1) is 12.5. The lowest BCUT2D eigenvalue weighted by Gasteiger charge is -2.44. The number of benzene rings is 1. The second kappa shape index (κ2) is 4.36. The molecule has 1 spiro atoms. The molecule has 1 aromatic carbocycles. The number of halogens is 1. The molecule has 5 nitrogen and oxygen atoms in total. The fourth-order valence-electron chi connectivity index (χ4n) is 3.11. The van der Waals surface area contributed by atoms with Crippen molar-refractivity contribution in [1.82, 2.24) is 0 Å². The Morgan fingerprint density at radius 2 is 2.20 bits per heavy atom. The summed E-state index contributed by atoms with van der Waals surface area (Å²) < 4.78 is 23.5. The smallest absolute Gasteiger partial charge is 0.458 e. The molecule has 0 aromatic heterocycles. The quantitative estimate of drug-likeness (QED) is 0.679. The molecule has 3 atom stereocenters. The minimum atomic E-state index is -0.907. The number of hydrogen-bond donors (Lipinski definition) is 0. The number of fused-ring (bicyclic) bond motifs is 3. The van der Waals surface area contributed by atoms with Crippen molar-refractivity contribution in [2.24, 2.45) is 0 Å². The summed E-state index contributed by atoms with van der Waals surface area (Å²) in [5.74, 6) is -0.126. The van der Waals surface area contributed by atoms with E-state index >= 15 is 0 Å². The summed E-state index contributed by atoms with van der Waals surface area (Å²) in [5, 5.41) is 0. The molecular weight excluding hydrogens is 328 g/mol. The van der Waals surface area contributed by atoms with Gasteiger partial charge in [-0.25, -0.2) is 4.79 Å². The molecule has 20 heavy (non-hydrogen) atoms. The lowest BCUT2D eigenvalue weighted by molar-refractivity contribution is -0.269. The van der Waals surface area contributed by atoms with Gasteiger partial charge in [-0.15, -0.1) is 0 Å². The molecule has 3 aliphatic rings. The maximum absolute atomic E-state index is 11.4. The van der Waals surface area contributed by atoms with Crippen molar-refractivity contribution in [3.63, 3.8) is 0 Å². The second-order valence-electron chi connectivity index (χ2n) is 5.29. The molecule has 2 heterocycles. The summed E-state index contributed by atoms with van der Waals surface area (Å²) in [7, 11) is 0. The van der Waals surface area contributed by atoms with E-state index in [-0.39, 0.29) is 6.10 Å². The number of carbonyl (C=O) groups excluding carboxylic acids is 1. The van der Waals surface area contributed by atoms with Gasteiger partial charge < -0.3 is 18.9 Å². The van der Waals surface area contributed by atoms with Gasteiger partial charge in [-0.3, -0.25) is 0 Å². The van der Waals surface area contributed by atoms with Crippen LogP contribution >= 0.6 is 15.9 Å². The first-order valence-electron chi connectivity index (χ1n) is 6.65. The van der Waals surface area contributed by atoms with E-state index < -0.39 is 18.0 Å². The van der Waals surface area contributed by atoms with Crippen LogP contribution in [0.3, 0.4) is 0 Å². The highest BCUT2D eigenvalue weighted by Gasteiger charge is 2.58. The van der Waals surface area contributed by atoms with Gasteiger partial charge >= 0.3 is 6.16 Å². The molecule has 1 aliphatic carbocycles. The Labute approximate surface area is 124 Å². The van der Waals surface area contributed by atoms with Crippen LogP contribution in [0.5, 0.6) is 5.75 Å². The summed E-state index contributed by atoms with van der Waals surface area (Å²) in [6.45, 7) is 0.440. The van der Waals surface area contributed by atoms with E-state index in [0.29, 0.717) is 13.0 Å². The molecule has 1 saturated heterocycles. The zero-order valence-corrected chi connectivity index (χ0v) is 12.2. The fraction of sp³-hybridized carbons (Fsp3) is 0.500. The van der Waals surface area contributed by atoms with Gasteiger partial charge in [0.2, 0.25) is 6.10 Å². The SMILES string of the molecule is O=C1O[C@@H]2[C@@H](CCC[C@]23OCc2cc(Br)ccc2O3)O1. The van der Waals surface area contributed by atoms with Crippen molar-refractivity contribution >= 4 is 22.1 Å². The van der Waals surface area contributed by atoms with E-state index in [0.717, 1.165) is 28.6 Å². The maximum Gasteiger partial charge on any atom is 0.509 e. The standard InChI is InChI=1S/C14H13BrO5/c15-9-3-4-10-8(6-9)7-17-14(20-10)5-1-2-11-12(14)19-13(16)18-11/h3-4,6,11-12H,1-2,5,7H2/t11-,12-,14-/m1/s1. The lowest BCUT2D eigenvalue weighted by atomic mass is 9.88. The average Bonchev–Trinajstić information content (AvgIpc) is 2.82. The molecule has 106 valence electrons. The van der Waals surface area contributed by atoms with Gasteiger partial charge in [0.15, 0.2) is 0 Å². The van der Waals surface area contributed by atoms with Crippen LogP contribution in [0, 0.1) is 0 Å². The molecule has 2 aliphatic heterocycles. The predicted octanol–water partition coefficient (Wildman–Crippen LogP) is 3.14. The first-order valence-corrected chi connectivity index (χ1v) is 7.44. The highest BCUT2D eigenvalue weighted by molar-refractivity contribution is 9.10. The number of hydrogen-bond acceptors (Lipinski definition) is 5. The minimum absolute atomic E-state index is 0.270. The Balaban J connectivity index is 1.68. The Morgan fingerprint density at radius 1 is 1.30 bits per heavy atom. The Bertz CT molecular complexity index is 575. The van der Waals surface area contributed by atoms with Crippen molar-refractivity contribution in [2.75, 3.05) is 0 Å². The molecule has 0 radical (unpaired) electrons. The van der Waals surface area contributed by atoms with Crippen LogP contribution in [0.1, 0.15) is 24.8 Å². The molecular formula is C14H13BrO5. The van der Waals surface area contributed by atoms with Crippen LogP contribution in [-0.4, -0.2) is 24.2 Å². The van der Waals surface area contributed by atoms with Crippen LogP contribution < -0.4 is 4.74 Å². The van der Waals surface area contributed by atoms with Gasteiger partial charge in [-0.2, -0.15) is 0 Å². The van der Waals surface area contributed by atoms with Gasteiger partial charge in [0, 0.05) is 16.5 Å². The molecule has 6 heteroatoms. The van der Waals surface area contributed by atoms with E-state index in [1.807, 2.05) is 18.2 Å². The van der Waals surface area contributed by atoms with Crippen LogP contribution in [0.25, 0.3) is 0 Å². The summed E-state index contributed by atoms with van der Waals surface area (Å²) in [5.41, 5.74) is 0.984. The summed E-state index contributed by atoms with van der Waals surface area (Å²) >= 11 is 3.43. The molecule has 0 unspecified atom stereocenters. The molecule has 1 saturated carbocycles. The van der Waals surface area contributed by atoms with Crippen LogP contribution in [0.4, 0.5) is 4.79 Å². The number of rotatable bonds is 0. The monoisotopic (exact) mass is 340 g/mol. The van der Waals surface area contributed by atoms with Crippen LogP contribution in [0.2, 0.25) is 0 Å². The third-order valence-corrected chi connectivity index (χ3v) is 4.53. The third-order valence-electron chi connectivity index (χ3n) is 4.03. The second-order valence-corrected chi connectivity index (χ2v) is 6.21. The molecule has 0 amide bonds. The zero-order chi connectivity index (χ0) is 13.7. The predicted molar refractivity (Wildman–Crippen MR) is 71.3 cm³/mol. The summed E-state index contributed by atoms with van der Waals surface area (Å²) in [6, 6.07) is 5.81. The van der Waals surface area contributed by atoms with E-state index in [4.69, 9.17) is 18.9 Å². The molecule has 0 N–H and O–H groups in total. The van der Waals surface area contributed by atoms with Crippen molar-refractivity contribution < 1.29 is 23.7 Å². The highest BCUT2D eigenvalue weighted by atomic mass is 79.9. The maximum atomic E-state index is 11.4. The van der Waals surface area contributed by atoms with Crippen molar-refractivity contribution in [1.29, 1.82) is 0 Å². The van der Waals surface area contributed by atoms with Crippen LogP contribution in [-0.2, 0) is 20.8 Å². The largest absolute Gasteiger partial charge is 0.509 e. The Hall–Kier alpha value is -1.27. The highest BCUT2D eigenvalue weighted by Crippen LogP contribution is 2.44. The Morgan fingerprint density at radius 3 is 3.10 bits per heavy atom. The fourth-order valence-corrected chi connectivity index (χ4v) is 3.52. The lowest BCUT2D eigenvalue weighted by Crippen LogP contribution is -2.57. The van der Waals surface area contributed by atoms with Gasteiger partial charge in [0.05, 0.1) is 6.61 Å². The first-order chi connectivity index (χ1) is 9.66. The van der Waals surface area contributed by atoms with Gasteiger partial charge in [-0.1, -0.05) is 15.9 Å². The average molecular weight is 341 g/mol. The molecule has 1 aromatic rings. The normalized spacial score (nSPS) is 34.8. The van der Waals surface area contributed by atoms with E-state index in [1.54, 1.807) is 0 Å². The topological polar surface area (TPSA) is 54.0 Å². The third kappa shape index (κ3) is 1.82. The molecule has 4 rings (SSSR count). The van der Waals surface area contributed by atoms with Gasteiger partial charge in [-0.05, 0) is 31.0 Å². The van der Waals surface area contributed by atoms with E-state index in [1.165, 1.54) is 0 Å². The molecule has 2 fully saturated rings.